The Morgan fingerprint density at radius 3 is 2.60 bits per heavy atom. The Kier molecular flexibility index (Phi) is 3.53. The fourth-order valence-corrected chi connectivity index (χ4v) is 1.55. The molecule has 0 unspecified atom stereocenters. The van der Waals surface area contributed by atoms with Gasteiger partial charge in [-0.3, -0.25) is 4.79 Å². The fourth-order valence-electron chi connectivity index (χ4n) is 1.03. The molecule has 0 amide bonds. The van der Waals surface area contributed by atoms with Crippen LogP contribution in [0.25, 0.3) is 0 Å². The average Bonchev–Trinajstić information content (AvgIpc) is 1.99. The molecule has 0 saturated carbocycles. The number of alkyl halides is 3. The van der Waals surface area contributed by atoms with Gasteiger partial charge in [0.05, 0.1) is 12.0 Å². The van der Waals surface area contributed by atoms with E-state index in [2.05, 4.69) is 4.98 Å². The SMILES string of the molecule is O=C(O)Cc1cc(I)ncc1C(F)(F)F. The second-order valence-electron chi connectivity index (χ2n) is 2.73. The van der Waals surface area contributed by atoms with Gasteiger partial charge < -0.3 is 5.11 Å². The van der Waals surface area contributed by atoms with E-state index < -0.39 is 24.1 Å². The van der Waals surface area contributed by atoms with Crippen LogP contribution in [0.3, 0.4) is 0 Å². The van der Waals surface area contributed by atoms with Crippen LogP contribution in [0.4, 0.5) is 13.2 Å². The Morgan fingerprint density at radius 1 is 1.53 bits per heavy atom. The molecule has 0 aliphatic carbocycles. The van der Waals surface area contributed by atoms with Crippen molar-refractivity contribution in [3.05, 3.63) is 27.1 Å². The first kappa shape index (κ1) is 12.2. The van der Waals surface area contributed by atoms with Gasteiger partial charge in [0.15, 0.2) is 0 Å². The smallest absolute Gasteiger partial charge is 0.418 e. The maximum absolute atomic E-state index is 12.4. The molecule has 0 bridgehead atoms. The Hall–Kier alpha value is -0.860. The minimum absolute atomic E-state index is 0.269. The van der Waals surface area contributed by atoms with Crippen molar-refractivity contribution in [1.29, 1.82) is 0 Å². The molecule has 7 heteroatoms. The van der Waals surface area contributed by atoms with Gasteiger partial charge in [0.25, 0.3) is 0 Å². The number of carboxylic acids is 1. The van der Waals surface area contributed by atoms with Gasteiger partial charge in [0.1, 0.15) is 3.70 Å². The van der Waals surface area contributed by atoms with Crippen molar-refractivity contribution in [3.63, 3.8) is 0 Å². The summed E-state index contributed by atoms with van der Waals surface area (Å²) in [6, 6.07) is 1.12. The van der Waals surface area contributed by atoms with Gasteiger partial charge in [-0.25, -0.2) is 4.98 Å². The van der Waals surface area contributed by atoms with E-state index in [-0.39, 0.29) is 5.56 Å². The molecular weight excluding hydrogens is 326 g/mol. The summed E-state index contributed by atoms with van der Waals surface area (Å²) in [5.74, 6) is -1.30. The Balaban J connectivity index is 3.20. The monoisotopic (exact) mass is 331 g/mol. The summed E-state index contributed by atoms with van der Waals surface area (Å²) in [7, 11) is 0. The van der Waals surface area contributed by atoms with Crippen molar-refractivity contribution in [2.24, 2.45) is 0 Å². The molecule has 1 aromatic rings. The molecule has 0 saturated heterocycles. The summed E-state index contributed by atoms with van der Waals surface area (Å²) in [6.07, 6.45) is -4.57. The second-order valence-corrected chi connectivity index (χ2v) is 3.84. The van der Waals surface area contributed by atoms with Gasteiger partial charge in [0.2, 0.25) is 0 Å². The number of nitrogens with zero attached hydrogens (tertiary/aromatic N) is 1. The van der Waals surface area contributed by atoms with E-state index in [0.717, 1.165) is 6.07 Å². The van der Waals surface area contributed by atoms with Crippen LogP contribution in [0.5, 0.6) is 0 Å². The van der Waals surface area contributed by atoms with E-state index in [1.54, 1.807) is 22.6 Å². The first-order chi connectivity index (χ1) is 6.80. The maximum atomic E-state index is 12.4. The third-order valence-electron chi connectivity index (χ3n) is 1.60. The van der Waals surface area contributed by atoms with Crippen LogP contribution in [0, 0.1) is 3.70 Å². The number of carbonyl (C=O) groups is 1. The average molecular weight is 331 g/mol. The molecule has 0 atom stereocenters. The van der Waals surface area contributed by atoms with E-state index in [1.807, 2.05) is 0 Å². The lowest BCUT2D eigenvalue weighted by molar-refractivity contribution is -0.139. The van der Waals surface area contributed by atoms with E-state index in [1.165, 1.54) is 0 Å². The van der Waals surface area contributed by atoms with E-state index in [4.69, 9.17) is 5.11 Å². The molecule has 82 valence electrons. The van der Waals surface area contributed by atoms with Gasteiger partial charge in [-0.15, -0.1) is 0 Å². The number of aromatic nitrogens is 1. The molecule has 0 radical (unpaired) electrons. The van der Waals surface area contributed by atoms with Crippen molar-refractivity contribution in [1.82, 2.24) is 4.98 Å². The van der Waals surface area contributed by atoms with Gasteiger partial charge >= 0.3 is 12.1 Å². The highest BCUT2D eigenvalue weighted by Crippen LogP contribution is 2.32. The van der Waals surface area contributed by atoms with Crippen molar-refractivity contribution < 1.29 is 23.1 Å². The number of hydrogen-bond donors (Lipinski definition) is 1. The number of hydrogen-bond acceptors (Lipinski definition) is 2. The minimum atomic E-state index is -4.57. The maximum Gasteiger partial charge on any atom is 0.418 e. The standard InChI is InChI=1S/C8H5F3INO2/c9-8(10,11)5-3-13-6(12)1-4(5)2-7(14)15/h1,3H,2H2,(H,14,15). The number of aliphatic carboxylic acids is 1. The highest BCUT2D eigenvalue weighted by atomic mass is 127. The predicted octanol–water partition coefficient (Wildman–Crippen LogP) is 2.33. The Labute approximate surface area is 96.5 Å². The topological polar surface area (TPSA) is 50.2 Å². The van der Waals surface area contributed by atoms with Crippen molar-refractivity contribution in [2.45, 2.75) is 12.6 Å². The van der Waals surface area contributed by atoms with Crippen molar-refractivity contribution in [3.8, 4) is 0 Å². The third kappa shape index (κ3) is 3.33. The molecule has 0 aliphatic rings. The first-order valence-corrected chi connectivity index (χ1v) is 4.82. The molecule has 1 heterocycles. The summed E-state index contributed by atoms with van der Waals surface area (Å²) in [6.45, 7) is 0. The molecule has 1 rings (SSSR count). The molecule has 0 spiro atoms. The van der Waals surface area contributed by atoms with Crippen LogP contribution < -0.4 is 0 Å². The predicted molar refractivity (Wildman–Crippen MR) is 53.3 cm³/mol. The summed E-state index contributed by atoms with van der Waals surface area (Å²) in [5.41, 5.74) is -1.26. The molecular formula is C8H5F3INO2. The highest BCUT2D eigenvalue weighted by Gasteiger charge is 2.34. The summed E-state index contributed by atoms with van der Waals surface area (Å²) >= 11 is 1.73. The normalized spacial score (nSPS) is 11.5. The van der Waals surface area contributed by atoms with Crippen molar-refractivity contribution in [2.75, 3.05) is 0 Å². The zero-order chi connectivity index (χ0) is 11.6. The zero-order valence-corrected chi connectivity index (χ0v) is 9.33. The third-order valence-corrected chi connectivity index (χ3v) is 2.19. The number of halogens is 4. The Morgan fingerprint density at radius 2 is 2.13 bits per heavy atom. The largest absolute Gasteiger partial charge is 0.481 e. The van der Waals surface area contributed by atoms with E-state index in [0.29, 0.717) is 9.90 Å². The highest BCUT2D eigenvalue weighted by molar-refractivity contribution is 14.1. The van der Waals surface area contributed by atoms with Crippen LogP contribution in [0.15, 0.2) is 12.3 Å². The minimum Gasteiger partial charge on any atom is -0.481 e. The van der Waals surface area contributed by atoms with Crippen LogP contribution in [-0.2, 0) is 17.4 Å². The van der Waals surface area contributed by atoms with Crippen LogP contribution in [0.2, 0.25) is 0 Å². The van der Waals surface area contributed by atoms with Crippen LogP contribution in [-0.4, -0.2) is 16.1 Å². The molecule has 3 nitrogen and oxygen atoms in total. The van der Waals surface area contributed by atoms with Crippen LogP contribution >= 0.6 is 22.6 Å². The lowest BCUT2D eigenvalue weighted by Gasteiger charge is -2.10. The summed E-state index contributed by atoms with van der Waals surface area (Å²) < 4.78 is 37.5. The lowest BCUT2D eigenvalue weighted by Crippen LogP contribution is -2.13. The molecule has 1 aromatic heterocycles. The van der Waals surface area contributed by atoms with E-state index >= 15 is 0 Å². The van der Waals surface area contributed by atoms with Gasteiger partial charge in [0, 0.05) is 6.20 Å². The van der Waals surface area contributed by atoms with Crippen molar-refractivity contribution >= 4 is 28.6 Å². The molecule has 0 fully saturated rings. The molecule has 1 N–H and O–H groups in total. The van der Waals surface area contributed by atoms with Gasteiger partial charge in [-0.2, -0.15) is 13.2 Å². The second kappa shape index (κ2) is 4.33. The number of carboxylic acid groups (broad SMARTS) is 1. The quantitative estimate of drug-likeness (QED) is 0.669. The van der Waals surface area contributed by atoms with Gasteiger partial charge in [-0.1, -0.05) is 0 Å². The molecule has 0 aliphatic heterocycles. The number of pyridine rings is 1. The summed E-state index contributed by atoms with van der Waals surface area (Å²) in [5, 5.41) is 8.46. The first-order valence-electron chi connectivity index (χ1n) is 3.74. The van der Waals surface area contributed by atoms with Gasteiger partial charge in [-0.05, 0) is 34.2 Å². The summed E-state index contributed by atoms with van der Waals surface area (Å²) in [4.78, 5) is 13.9. The molecule has 0 aromatic carbocycles. The molecule has 15 heavy (non-hydrogen) atoms. The lowest BCUT2D eigenvalue weighted by atomic mass is 10.1. The van der Waals surface area contributed by atoms with Crippen LogP contribution in [0.1, 0.15) is 11.1 Å². The fraction of sp³-hybridized carbons (Fsp3) is 0.250. The van der Waals surface area contributed by atoms with E-state index in [9.17, 15) is 18.0 Å². The number of rotatable bonds is 2. The zero-order valence-electron chi connectivity index (χ0n) is 7.18. The Bertz CT molecular complexity index is 392.